The first kappa shape index (κ1) is 14.8. The maximum absolute atomic E-state index is 10.4. The van der Waals surface area contributed by atoms with Gasteiger partial charge in [-0.25, -0.2) is 0 Å². The minimum absolute atomic E-state index is 0.369. The van der Waals surface area contributed by atoms with Crippen molar-refractivity contribution < 1.29 is 5.11 Å². The molecule has 0 aliphatic heterocycles. The number of hydrogen-bond acceptors (Lipinski definition) is 1. The molecule has 106 valence electrons. The minimum atomic E-state index is -0.369. The van der Waals surface area contributed by atoms with E-state index in [1.54, 1.807) is 0 Å². The summed E-state index contributed by atoms with van der Waals surface area (Å²) in [6.45, 7) is 4.31. The van der Waals surface area contributed by atoms with Gasteiger partial charge in [0, 0.05) is 0 Å². The van der Waals surface area contributed by atoms with Gasteiger partial charge >= 0.3 is 0 Å². The second-order valence-electron chi connectivity index (χ2n) is 5.48. The Morgan fingerprint density at radius 2 is 1.80 bits per heavy atom. The second-order valence-corrected chi connectivity index (χ2v) is 5.48. The van der Waals surface area contributed by atoms with E-state index >= 15 is 0 Å². The van der Waals surface area contributed by atoms with Gasteiger partial charge in [-0.15, -0.1) is 0 Å². The highest BCUT2D eigenvalue weighted by Crippen LogP contribution is 2.21. The first-order chi connectivity index (χ1) is 9.70. The van der Waals surface area contributed by atoms with Crippen molar-refractivity contribution in [3.63, 3.8) is 0 Å². The molecular formula is C19H24O. The Morgan fingerprint density at radius 1 is 1.00 bits per heavy atom. The molecular weight excluding hydrogens is 244 g/mol. The van der Waals surface area contributed by atoms with Gasteiger partial charge in [0.05, 0.1) is 6.10 Å². The van der Waals surface area contributed by atoms with Gasteiger partial charge in [0.15, 0.2) is 0 Å². The number of aliphatic hydroxyl groups is 1. The van der Waals surface area contributed by atoms with E-state index in [9.17, 15) is 5.11 Å². The van der Waals surface area contributed by atoms with Gasteiger partial charge in [0.25, 0.3) is 0 Å². The molecule has 0 heterocycles. The van der Waals surface area contributed by atoms with Gasteiger partial charge in [0.2, 0.25) is 0 Å². The Labute approximate surface area is 122 Å². The van der Waals surface area contributed by atoms with Crippen LogP contribution < -0.4 is 0 Å². The standard InChI is InChI=1S/C19H24O/c1-3-7-16-9-6-11-18(14-16)19(20)13-12-17-10-5-4-8-15(17)2/h4-6,8-11,14,19-20H,3,7,12-13H2,1-2H3. The maximum Gasteiger partial charge on any atom is 0.0793 e. The number of aliphatic hydroxyl groups excluding tert-OH is 1. The van der Waals surface area contributed by atoms with Crippen LogP contribution in [0.15, 0.2) is 48.5 Å². The van der Waals surface area contributed by atoms with Crippen molar-refractivity contribution in [2.45, 2.75) is 45.6 Å². The summed E-state index contributed by atoms with van der Waals surface area (Å²) >= 11 is 0. The quantitative estimate of drug-likeness (QED) is 0.811. The van der Waals surface area contributed by atoms with Crippen molar-refractivity contribution in [2.24, 2.45) is 0 Å². The zero-order valence-corrected chi connectivity index (χ0v) is 12.5. The molecule has 20 heavy (non-hydrogen) atoms. The summed E-state index contributed by atoms with van der Waals surface area (Å²) in [6, 6.07) is 16.8. The zero-order chi connectivity index (χ0) is 14.4. The Hall–Kier alpha value is -1.60. The predicted molar refractivity (Wildman–Crippen MR) is 84.9 cm³/mol. The van der Waals surface area contributed by atoms with E-state index in [4.69, 9.17) is 0 Å². The molecule has 0 amide bonds. The maximum atomic E-state index is 10.4. The highest BCUT2D eigenvalue weighted by molar-refractivity contribution is 5.28. The van der Waals surface area contributed by atoms with Crippen LogP contribution in [-0.4, -0.2) is 5.11 Å². The van der Waals surface area contributed by atoms with Gasteiger partial charge in [-0.3, -0.25) is 0 Å². The van der Waals surface area contributed by atoms with E-state index in [-0.39, 0.29) is 6.10 Å². The molecule has 2 aromatic rings. The van der Waals surface area contributed by atoms with Crippen molar-refractivity contribution in [1.82, 2.24) is 0 Å². The molecule has 0 aliphatic rings. The largest absolute Gasteiger partial charge is 0.388 e. The molecule has 0 aliphatic carbocycles. The van der Waals surface area contributed by atoms with Gasteiger partial charge in [-0.05, 0) is 48.4 Å². The predicted octanol–water partition coefficient (Wildman–Crippen LogP) is 4.61. The molecule has 1 nitrogen and oxygen atoms in total. The summed E-state index contributed by atoms with van der Waals surface area (Å²) in [5.74, 6) is 0. The zero-order valence-electron chi connectivity index (χ0n) is 12.5. The molecule has 0 fully saturated rings. The third-order valence-corrected chi connectivity index (χ3v) is 3.82. The Morgan fingerprint density at radius 3 is 2.55 bits per heavy atom. The van der Waals surface area contributed by atoms with E-state index in [1.807, 2.05) is 6.07 Å². The van der Waals surface area contributed by atoms with Crippen LogP contribution >= 0.6 is 0 Å². The fourth-order valence-corrected chi connectivity index (χ4v) is 2.59. The Bertz CT molecular complexity index is 545. The van der Waals surface area contributed by atoms with Crippen molar-refractivity contribution in [2.75, 3.05) is 0 Å². The molecule has 1 N–H and O–H groups in total. The SMILES string of the molecule is CCCc1cccc(C(O)CCc2ccccc2C)c1. The number of benzene rings is 2. The molecule has 2 rings (SSSR count). The van der Waals surface area contributed by atoms with Crippen LogP contribution in [0.4, 0.5) is 0 Å². The third-order valence-electron chi connectivity index (χ3n) is 3.82. The Balaban J connectivity index is 1.99. The van der Waals surface area contributed by atoms with Gasteiger partial charge in [-0.1, -0.05) is 61.9 Å². The second kappa shape index (κ2) is 7.25. The topological polar surface area (TPSA) is 20.2 Å². The molecule has 0 bridgehead atoms. The van der Waals surface area contributed by atoms with Crippen molar-refractivity contribution >= 4 is 0 Å². The average molecular weight is 268 g/mol. The summed E-state index contributed by atoms with van der Waals surface area (Å²) in [4.78, 5) is 0. The molecule has 1 heteroatoms. The van der Waals surface area contributed by atoms with Crippen LogP contribution in [0.25, 0.3) is 0 Å². The van der Waals surface area contributed by atoms with E-state index in [1.165, 1.54) is 16.7 Å². The lowest BCUT2D eigenvalue weighted by Crippen LogP contribution is -2.01. The van der Waals surface area contributed by atoms with Crippen LogP contribution in [0.2, 0.25) is 0 Å². The van der Waals surface area contributed by atoms with Crippen LogP contribution in [0.1, 0.15) is 48.1 Å². The molecule has 2 aromatic carbocycles. The minimum Gasteiger partial charge on any atom is -0.388 e. The lowest BCUT2D eigenvalue weighted by atomic mass is 9.97. The van der Waals surface area contributed by atoms with Crippen LogP contribution in [0.5, 0.6) is 0 Å². The molecule has 1 atom stereocenters. The number of aryl methyl sites for hydroxylation is 3. The summed E-state index contributed by atoms with van der Waals surface area (Å²) in [6.07, 6.45) is 3.55. The van der Waals surface area contributed by atoms with Crippen LogP contribution in [-0.2, 0) is 12.8 Å². The highest BCUT2D eigenvalue weighted by atomic mass is 16.3. The summed E-state index contributed by atoms with van der Waals surface area (Å²) in [5.41, 5.74) is 5.00. The van der Waals surface area contributed by atoms with E-state index in [2.05, 4.69) is 56.3 Å². The van der Waals surface area contributed by atoms with E-state index in [0.717, 1.165) is 31.2 Å². The molecule has 0 radical (unpaired) electrons. The first-order valence-corrected chi connectivity index (χ1v) is 7.52. The normalized spacial score (nSPS) is 12.3. The van der Waals surface area contributed by atoms with Crippen LogP contribution in [0.3, 0.4) is 0 Å². The van der Waals surface area contributed by atoms with E-state index < -0.39 is 0 Å². The molecule has 1 unspecified atom stereocenters. The van der Waals surface area contributed by atoms with Gasteiger partial charge < -0.3 is 5.11 Å². The van der Waals surface area contributed by atoms with Crippen molar-refractivity contribution in [1.29, 1.82) is 0 Å². The average Bonchev–Trinajstić information content (AvgIpc) is 2.47. The van der Waals surface area contributed by atoms with Gasteiger partial charge in [0.1, 0.15) is 0 Å². The van der Waals surface area contributed by atoms with Crippen molar-refractivity contribution in [3.05, 3.63) is 70.8 Å². The molecule has 0 spiro atoms. The smallest absolute Gasteiger partial charge is 0.0793 e. The lowest BCUT2D eigenvalue weighted by molar-refractivity contribution is 0.167. The lowest BCUT2D eigenvalue weighted by Gasteiger charge is -2.13. The van der Waals surface area contributed by atoms with Crippen molar-refractivity contribution in [3.8, 4) is 0 Å². The number of hydrogen-bond donors (Lipinski definition) is 1. The number of rotatable bonds is 6. The third kappa shape index (κ3) is 3.94. The summed E-state index contributed by atoms with van der Waals surface area (Å²) < 4.78 is 0. The van der Waals surface area contributed by atoms with E-state index in [0.29, 0.717) is 0 Å². The monoisotopic (exact) mass is 268 g/mol. The highest BCUT2D eigenvalue weighted by Gasteiger charge is 2.09. The molecule has 0 saturated heterocycles. The van der Waals surface area contributed by atoms with Crippen LogP contribution in [0, 0.1) is 6.92 Å². The van der Waals surface area contributed by atoms with Gasteiger partial charge in [-0.2, -0.15) is 0 Å². The molecule has 0 saturated carbocycles. The summed E-state index contributed by atoms with van der Waals surface area (Å²) in [7, 11) is 0. The fraction of sp³-hybridized carbons (Fsp3) is 0.368. The fourth-order valence-electron chi connectivity index (χ4n) is 2.59. The Kier molecular flexibility index (Phi) is 5.37. The summed E-state index contributed by atoms with van der Waals surface area (Å²) in [5, 5.41) is 10.4. The molecule has 0 aromatic heterocycles. The first-order valence-electron chi connectivity index (χ1n) is 7.52.